The molecule has 0 aliphatic carbocycles. The molecule has 0 saturated heterocycles. The Morgan fingerprint density at radius 2 is 1.86 bits per heavy atom. The highest BCUT2D eigenvalue weighted by Crippen LogP contribution is 2.12. The molecule has 1 amide bonds. The molecule has 2 rings (SSSR count). The van der Waals surface area contributed by atoms with Gasteiger partial charge >= 0.3 is 0 Å². The molecule has 0 aliphatic rings. The Bertz CT molecular complexity index is 678. The Balaban J connectivity index is 0.00000364. The van der Waals surface area contributed by atoms with Crippen LogP contribution in [-0.4, -0.2) is 39.3 Å². The molecule has 0 spiro atoms. The zero-order valence-corrected chi connectivity index (χ0v) is 18.1. The Morgan fingerprint density at radius 3 is 2.46 bits per heavy atom. The molecule has 2 aromatic rings. The van der Waals surface area contributed by atoms with Gasteiger partial charge in [-0.3, -0.25) is 4.79 Å². The smallest absolute Gasteiger partial charge is 0.237 e. The van der Waals surface area contributed by atoms with E-state index in [4.69, 9.17) is 5.73 Å². The minimum atomic E-state index is -0.677. The normalized spacial score (nSPS) is 12.6. The number of aliphatic hydroxyl groups is 1. The van der Waals surface area contributed by atoms with Crippen molar-refractivity contribution in [1.82, 2.24) is 14.9 Å². The van der Waals surface area contributed by atoms with Crippen LogP contribution in [0.1, 0.15) is 37.9 Å². The van der Waals surface area contributed by atoms with Crippen LogP contribution in [0.2, 0.25) is 0 Å². The average molecular weight is 431 g/mol. The molecular weight excluding hydrogens is 399 g/mol. The lowest BCUT2D eigenvalue weighted by Gasteiger charge is -2.21. The lowest BCUT2D eigenvalue weighted by molar-refractivity contribution is -0.123. The molecule has 0 fully saturated rings. The van der Waals surface area contributed by atoms with Crippen molar-refractivity contribution in [2.75, 3.05) is 6.54 Å². The number of halogens is 2. The standard InChI is InChI=1S/C20H30N4O2.2ClH/c1-3-16(4-2)19(25)11-22-20(26)18(21)10-17-13-24(14-23-17)12-15-8-6-5-7-9-15;;/h5-9,13-14,16,18-19,25H,3-4,10-12,21H2,1-2H3,(H,22,26);2*1H/t18-,19?;;/m0../s1. The first-order chi connectivity index (χ1) is 12.5. The Morgan fingerprint density at radius 1 is 1.21 bits per heavy atom. The third kappa shape index (κ3) is 8.19. The molecule has 2 atom stereocenters. The fourth-order valence-electron chi connectivity index (χ4n) is 3.05. The number of carbonyl (C=O) groups excluding carboxylic acids is 1. The third-order valence-electron chi connectivity index (χ3n) is 4.74. The van der Waals surface area contributed by atoms with Crippen molar-refractivity contribution >= 4 is 30.7 Å². The monoisotopic (exact) mass is 430 g/mol. The Kier molecular flexibility index (Phi) is 12.8. The summed E-state index contributed by atoms with van der Waals surface area (Å²) in [4.78, 5) is 16.5. The highest BCUT2D eigenvalue weighted by Gasteiger charge is 2.19. The summed E-state index contributed by atoms with van der Waals surface area (Å²) in [6.45, 7) is 5.05. The number of amides is 1. The Labute approximate surface area is 179 Å². The minimum absolute atomic E-state index is 0. The Hall–Kier alpha value is -1.60. The van der Waals surface area contributed by atoms with E-state index in [9.17, 15) is 9.90 Å². The van der Waals surface area contributed by atoms with Crippen molar-refractivity contribution < 1.29 is 9.90 Å². The van der Waals surface area contributed by atoms with Gasteiger partial charge in [0.15, 0.2) is 0 Å². The van der Waals surface area contributed by atoms with E-state index < -0.39 is 12.1 Å². The molecule has 28 heavy (non-hydrogen) atoms. The van der Waals surface area contributed by atoms with Gasteiger partial charge in [-0.15, -0.1) is 24.8 Å². The highest BCUT2D eigenvalue weighted by molar-refractivity contribution is 5.85. The van der Waals surface area contributed by atoms with Crippen LogP contribution in [0.4, 0.5) is 0 Å². The van der Waals surface area contributed by atoms with Crippen molar-refractivity contribution in [3.63, 3.8) is 0 Å². The van der Waals surface area contributed by atoms with Gasteiger partial charge in [-0.2, -0.15) is 0 Å². The molecule has 0 saturated carbocycles. The second-order valence-electron chi connectivity index (χ2n) is 6.72. The van der Waals surface area contributed by atoms with Crippen LogP contribution < -0.4 is 11.1 Å². The van der Waals surface area contributed by atoms with Crippen molar-refractivity contribution in [2.45, 2.75) is 51.8 Å². The van der Waals surface area contributed by atoms with E-state index in [1.807, 2.05) is 42.8 Å². The number of nitrogens with two attached hydrogens (primary N) is 1. The summed E-state index contributed by atoms with van der Waals surface area (Å²) >= 11 is 0. The highest BCUT2D eigenvalue weighted by atomic mass is 35.5. The molecule has 1 aromatic heterocycles. The van der Waals surface area contributed by atoms with E-state index in [0.29, 0.717) is 6.42 Å². The first-order valence-corrected chi connectivity index (χ1v) is 9.29. The number of rotatable bonds is 10. The molecule has 1 unspecified atom stereocenters. The van der Waals surface area contributed by atoms with Crippen molar-refractivity contribution in [1.29, 1.82) is 0 Å². The van der Waals surface area contributed by atoms with Gasteiger partial charge in [0.25, 0.3) is 0 Å². The number of nitrogens with zero attached hydrogens (tertiary/aromatic N) is 2. The fraction of sp³-hybridized carbons (Fsp3) is 0.500. The number of aromatic nitrogens is 2. The third-order valence-corrected chi connectivity index (χ3v) is 4.74. The van der Waals surface area contributed by atoms with Crippen LogP contribution in [0, 0.1) is 5.92 Å². The van der Waals surface area contributed by atoms with E-state index in [-0.39, 0.29) is 43.2 Å². The number of aliphatic hydroxyl groups excluding tert-OH is 1. The minimum Gasteiger partial charge on any atom is -0.391 e. The molecule has 6 nitrogen and oxygen atoms in total. The molecule has 0 aliphatic heterocycles. The second-order valence-corrected chi connectivity index (χ2v) is 6.72. The lowest BCUT2D eigenvalue weighted by atomic mass is 9.96. The van der Waals surface area contributed by atoms with E-state index in [2.05, 4.69) is 22.4 Å². The van der Waals surface area contributed by atoms with Crippen LogP contribution in [0.3, 0.4) is 0 Å². The molecule has 8 heteroatoms. The van der Waals surface area contributed by atoms with Gasteiger partial charge in [-0.05, 0) is 11.5 Å². The predicted octanol–water partition coefficient (Wildman–Crippen LogP) is 2.56. The summed E-state index contributed by atoms with van der Waals surface area (Å²) in [5.41, 5.74) is 7.97. The average Bonchev–Trinajstić information content (AvgIpc) is 3.08. The summed E-state index contributed by atoms with van der Waals surface area (Å²) in [5.74, 6) is -0.0622. The van der Waals surface area contributed by atoms with Gasteiger partial charge in [0, 0.05) is 25.7 Å². The summed E-state index contributed by atoms with van der Waals surface area (Å²) in [5, 5.41) is 12.9. The number of benzene rings is 1. The SMILES string of the molecule is CCC(CC)C(O)CNC(=O)[C@@H](N)Cc1cn(Cc2ccccc2)cn1.Cl.Cl. The number of carbonyl (C=O) groups is 1. The molecular formula is C20H32Cl2N4O2. The van der Waals surface area contributed by atoms with Gasteiger partial charge < -0.3 is 20.7 Å². The molecule has 0 radical (unpaired) electrons. The van der Waals surface area contributed by atoms with E-state index in [0.717, 1.165) is 25.1 Å². The molecule has 4 N–H and O–H groups in total. The van der Waals surface area contributed by atoms with Gasteiger partial charge in [-0.25, -0.2) is 4.98 Å². The zero-order chi connectivity index (χ0) is 18.9. The maximum atomic E-state index is 12.2. The maximum absolute atomic E-state index is 12.2. The second kappa shape index (κ2) is 13.6. The van der Waals surface area contributed by atoms with Gasteiger partial charge in [-0.1, -0.05) is 57.0 Å². The van der Waals surface area contributed by atoms with Gasteiger partial charge in [0.1, 0.15) is 0 Å². The molecule has 1 aromatic carbocycles. The first-order valence-electron chi connectivity index (χ1n) is 9.29. The first kappa shape index (κ1) is 26.4. The number of nitrogens with one attached hydrogen (secondary N) is 1. The molecule has 1 heterocycles. The van der Waals surface area contributed by atoms with E-state index in [1.54, 1.807) is 6.33 Å². The van der Waals surface area contributed by atoms with Crippen LogP contribution in [-0.2, 0) is 17.8 Å². The zero-order valence-electron chi connectivity index (χ0n) is 16.5. The van der Waals surface area contributed by atoms with Gasteiger partial charge in [0.2, 0.25) is 5.91 Å². The van der Waals surface area contributed by atoms with Gasteiger partial charge in [0.05, 0.1) is 24.2 Å². The van der Waals surface area contributed by atoms with Crippen molar-refractivity contribution in [3.8, 4) is 0 Å². The number of imidazole rings is 1. The largest absolute Gasteiger partial charge is 0.391 e. The van der Waals surface area contributed by atoms with Crippen LogP contribution in [0.25, 0.3) is 0 Å². The van der Waals surface area contributed by atoms with E-state index in [1.165, 1.54) is 5.56 Å². The quantitative estimate of drug-likeness (QED) is 0.539. The number of hydrogen-bond acceptors (Lipinski definition) is 4. The van der Waals surface area contributed by atoms with Crippen molar-refractivity contribution in [3.05, 3.63) is 54.1 Å². The number of hydrogen-bond donors (Lipinski definition) is 3. The van der Waals surface area contributed by atoms with Crippen molar-refractivity contribution in [2.24, 2.45) is 11.7 Å². The summed E-state index contributed by atoms with van der Waals surface area (Å²) < 4.78 is 1.98. The molecule has 0 bridgehead atoms. The topological polar surface area (TPSA) is 93.2 Å². The summed E-state index contributed by atoms with van der Waals surface area (Å²) in [6.07, 6.45) is 5.28. The summed E-state index contributed by atoms with van der Waals surface area (Å²) in [6, 6.07) is 9.44. The van der Waals surface area contributed by atoms with Crippen LogP contribution in [0.15, 0.2) is 42.9 Å². The summed E-state index contributed by atoms with van der Waals surface area (Å²) in [7, 11) is 0. The van der Waals surface area contributed by atoms with Crippen LogP contribution >= 0.6 is 24.8 Å². The fourth-order valence-corrected chi connectivity index (χ4v) is 3.05. The lowest BCUT2D eigenvalue weighted by Crippen LogP contribution is -2.45. The predicted molar refractivity (Wildman–Crippen MR) is 117 cm³/mol. The molecule has 158 valence electrons. The van der Waals surface area contributed by atoms with Crippen LogP contribution in [0.5, 0.6) is 0 Å². The maximum Gasteiger partial charge on any atom is 0.237 e. The van der Waals surface area contributed by atoms with E-state index >= 15 is 0 Å².